The molecule has 3 aromatic rings. The normalized spacial score (nSPS) is 10.6. The second-order valence-corrected chi connectivity index (χ2v) is 6.18. The molecule has 0 unspecified atom stereocenters. The average Bonchev–Trinajstić information content (AvgIpc) is 3.11. The van der Waals surface area contributed by atoms with Gasteiger partial charge in [-0.25, -0.2) is 9.37 Å². The molecule has 0 saturated heterocycles. The van der Waals surface area contributed by atoms with Crippen molar-refractivity contribution in [2.75, 3.05) is 11.1 Å². The van der Waals surface area contributed by atoms with Gasteiger partial charge in [-0.3, -0.25) is 14.9 Å². The van der Waals surface area contributed by atoms with Crippen LogP contribution >= 0.6 is 11.8 Å². The van der Waals surface area contributed by atoms with Gasteiger partial charge in [-0.15, -0.1) is 0 Å². The second-order valence-electron chi connectivity index (χ2n) is 5.26. The first kappa shape index (κ1) is 18.5. The van der Waals surface area contributed by atoms with Crippen molar-refractivity contribution in [1.29, 1.82) is 0 Å². The van der Waals surface area contributed by atoms with E-state index in [4.69, 9.17) is 4.42 Å². The molecule has 0 radical (unpaired) electrons. The number of thioether (sulfide) groups is 1. The van der Waals surface area contributed by atoms with Gasteiger partial charge in [-0.2, -0.15) is 4.39 Å². The molecule has 1 heterocycles. The molecule has 0 spiro atoms. The van der Waals surface area contributed by atoms with Crippen molar-refractivity contribution < 1.29 is 22.9 Å². The van der Waals surface area contributed by atoms with Gasteiger partial charge in [-0.1, -0.05) is 11.8 Å². The highest BCUT2D eigenvalue weighted by molar-refractivity contribution is 7.99. The number of nitrogens with zero attached hydrogens (tertiary/aromatic N) is 2. The summed E-state index contributed by atoms with van der Waals surface area (Å²) < 4.78 is 31.7. The minimum atomic E-state index is -0.986. The summed E-state index contributed by atoms with van der Waals surface area (Å²) in [4.78, 5) is 25.8. The number of nitro benzene ring substituents is 1. The van der Waals surface area contributed by atoms with Gasteiger partial charge in [0.25, 0.3) is 5.22 Å². The number of anilines is 1. The lowest BCUT2D eigenvalue weighted by Gasteiger charge is -2.04. The topological polar surface area (TPSA) is 98.3 Å². The van der Waals surface area contributed by atoms with E-state index in [0.29, 0.717) is 11.3 Å². The standard InChI is InChI=1S/C17H11F2N3O4S/c18-11-3-1-10(2-4-11)15-8-20-17(26-15)27-9-16(23)21-12-5-6-13(19)14(7-12)22(24)25/h1-8H,9H2,(H,21,23). The Labute approximate surface area is 155 Å². The number of rotatable bonds is 6. The molecule has 0 saturated carbocycles. The van der Waals surface area contributed by atoms with Gasteiger partial charge in [0.2, 0.25) is 11.7 Å². The average molecular weight is 391 g/mol. The molecule has 2 aromatic carbocycles. The number of nitro groups is 1. The third-order valence-electron chi connectivity index (χ3n) is 3.37. The van der Waals surface area contributed by atoms with Gasteiger partial charge < -0.3 is 9.73 Å². The van der Waals surface area contributed by atoms with Crippen LogP contribution in [0.15, 0.2) is 58.3 Å². The van der Waals surface area contributed by atoms with E-state index in [2.05, 4.69) is 10.3 Å². The zero-order valence-corrected chi connectivity index (χ0v) is 14.3. The van der Waals surface area contributed by atoms with Crippen molar-refractivity contribution in [2.24, 2.45) is 0 Å². The molecule has 0 fully saturated rings. The lowest BCUT2D eigenvalue weighted by Crippen LogP contribution is -2.14. The van der Waals surface area contributed by atoms with E-state index in [0.717, 1.165) is 23.9 Å². The van der Waals surface area contributed by atoms with Crippen LogP contribution < -0.4 is 5.32 Å². The fourth-order valence-electron chi connectivity index (χ4n) is 2.13. The first-order chi connectivity index (χ1) is 12.9. The van der Waals surface area contributed by atoms with Crippen LogP contribution in [0.25, 0.3) is 11.3 Å². The number of aromatic nitrogens is 1. The molecule has 27 heavy (non-hydrogen) atoms. The van der Waals surface area contributed by atoms with Crippen LogP contribution in [0.2, 0.25) is 0 Å². The van der Waals surface area contributed by atoms with E-state index in [9.17, 15) is 23.7 Å². The lowest BCUT2D eigenvalue weighted by molar-refractivity contribution is -0.387. The van der Waals surface area contributed by atoms with Crippen molar-refractivity contribution in [3.8, 4) is 11.3 Å². The summed E-state index contributed by atoms with van der Waals surface area (Å²) in [5, 5.41) is 13.4. The highest BCUT2D eigenvalue weighted by atomic mass is 32.2. The van der Waals surface area contributed by atoms with Crippen LogP contribution in [-0.4, -0.2) is 21.6 Å². The van der Waals surface area contributed by atoms with Crippen molar-refractivity contribution in [3.05, 3.63) is 70.4 Å². The second kappa shape index (κ2) is 7.96. The fraction of sp³-hybridized carbons (Fsp3) is 0.0588. The summed E-state index contributed by atoms with van der Waals surface area (Å²) in [5.74, 6) is -1.48. The number of amides is 1. The number of halogens is 2. The van der Waals surface area contributed by atoms with Gasteiger partial charge in [0, 0.05) is 17.3 Å². The first-order valence-electron chi connectivity index (χ1n) is 7.51. The molecule has 1 amide bonds. The molecule has 3 rings (SSSR count). The molecule has 10 heteroatoms. The van der Waals surface area contributed by atoms with E-state index >= 15 is 0 Å². The predicted molar refractivity (Wildman–Crippen MR) is 94.3 cm³/mol. The quantitative estimate of drug-likeness (QED) is 0.383. The zero-order valence-electron chi connectivity index (χ0n) is 13.5. The Morgan fingerprint density at radius 1 is 1.22 bits per heavy atom. The van der Waals surface area contributed by atoms with Gasteiger partial charge in [0.05, 0.1) is 16.9 Å². The molecule has 0 aliphatic carbocycles. The summed E-state index contributed by atoms with van der Waals surface area (Å²) >= 11 is 1.01. The number of hydrogen-bond donors (Lipinski definition) is 1. The Hall–Kier alpha value is -3.27. The molecule has 0 bridgehead atoms. The van der Waals surface area contributed by atoms with Gasteiger partial charge in [-0.05, 0) is 36.4 Å². The number of nitrogens with one attached hydrogen (secondary N) is 1. The Kier molecular flexibility index (Phi) is 5.46. The van der Waals surface area contributed by atoms with Crippen molar-refractivity contribution in [1.82, 2.24) is 4.98 Å². The van der Waals surface area contributed by atoms with Crippen LogP contribution in [0.5, 0.6) is 0 Å². The summed E-state index contributed by atoms with van der Waals surface area (Å²) in [5.41, 5.74) is 0.0176. The largest absolute Gasteiger partial charge is 0.431 e. The summed E-state index contributed by atoms with van der Waals surface area (Å²) in [6.07, 6.45) is 1.46. The van der Waals surface area contributed by atoms with Crippen LogP contribution in [0.1, 0.15) is 0 Å². The minimum absolute atomic E-state index is 0.0749. The first-order valence-corrected chi connectivity index (χ1v) is 8.49. The molecule has 1 N–H and O–H groups in total. The summed E-state index contributed by atoms with van der Waals surface area (Å²) in [6, 6.07) is 8.74. The Bertz CT molecular complexity index is 992. The van der Waals surface area contributed by atoms with Crippen molar-refractivity contribution >= 4 is 29.0 Å². The Balaban J connectivity index is 1.59. The highest BCUT2D eigenvalue weighted by Gasteiger charge is 2.16. The summed E-state index contributed by atoms with van der Waals surface area (Å²) in [7, 11) is 0. The lowest BCUT2D eigenvalue weighted by atomic mass is 10.2. The van der Waals surface area contributed by atoms with E-state index in [-0.39, 0.29) is 22.5 Å². The minimum Gasteiger partial charge on any atom is -0.431 e. The van der Waals surface area contributed by atoms with E-state index in [1.54, 1.807) is 12.1 Å². The van der Waals surface area contributed by atoms with E-state index in [1.807, 2.05) is 0 Å². The van der Waals surface area contributed by atoms with Gasteiger partial charge in [0.1, 0.15) is 5.82 Å². The summed E-state index contributed by atoms with van der Waals surface area (Å²) in [6.45, 7) is 0. The molecular formula is C17H11F2N3O4S. The van der Waals surface area contributed by atoms with Crippen LogP contribution in [0, 0.1) is 21.7 Å². The number of oxazole rings is 1. The fourth-order valence-corrected chi connectivity index (χ4v) is 2.73. The van der Waals surface area contributed by atoms with Crippen LogP contribution in [0.3, 0.4) is 0 Å². The third-order valence-corrected chi connectivity index (χ3v) is 4.21. The van der Waals surface area contributed by atoms with Crippen molar-refractivity contribution in [2.45, 2.75) is 5.22 Å². The molecular weight excluding hydrogens is 380 g/mol. The number of carbonyl (C=O) groups excluding carboxylic acids is 1. The van der Waals surface area contributed by atoms with Crippen LogP contribution in [0.4, 0.5) is 20.2 Å². The molecule has 0 aliphatic rings. The maximum Gasteiger partial charge on any atom is 0.306 e. The third kappa shape index (κ3) is 4.67. The van der Waals surface area contributed by atoms with Gasteiger partial charge in [0.15, 0.2) is 5.76 Å². The van der Waals surface area contributed by atoms with E-state index < -0.39 is 22.3 Å². The monoisotopic (exact) mass is 391 g/mol. The number of carbonyl (C=O) groups is 1. The predicted octanol–water partition coefficient (Wildman–Crippen LogP) is 4.26. The van der Waals surface area contributed by atoms with Crippen molar-refractivity contribution in [3.63, 3.8) is 0 Å². The Morgan fingerprint density at radius 2 is 1.96 bits per heavy atom. The molecule has 7 nitrogen and oxygen atoms in total. The SMILES string of the molecule is O=C(CSc1ncc(-c2ccc(F)cc2)o1)Nc1ccc(F)c([N+](=O)[O-])c1. The Morgan fingerprint density at radius 3 is 2.67 bits per heavy atom. The highest BCUT2D eigenvalue weighted by Crippen LogP contribution is 2.26. The number of hydrogen-bond acceptors (Lipinski definition) is 6. The van der Waals surface area contributed by atoms with E-state index in [1.165, 1.54) is 24.4 Å². The zero-order chi connectivity index (χ0) is 19.4. The molecule has 138 valence electrons. The molecule has 0 atom stereocenters. The maximum absolute atomic E-state index is 13.3. The smallest absolute Gasteiger partial charge is 0.306 e. The number of benzene rings is 2. The van der Waals surface area contributed by atoms with Crippen LogP contribution in [-0.2, 0) is 4.79 Å². The molecule has 1 aromatic heterocycles. The molecule has 0 aliphatic heterocycles. The van der Waals surface area contributed by atoms with Gasteiger partial charge >= 0.3 is 5.69 Å². The maximum atomic E-state index is 13.3.